The molecule has 1 heterocycles. The van der Waals surface area contributed by atoms with E-state index in [-0.39, 0.29) is 12.2 Å². The van der Waals surface area contributed by atoms with Gasteiger partial charge in [-0.15, -0.1) is 0 Å². The SMILES string of the molecule is CCOC(=O)C(C#N)=C1SC(c2ccccc2)=CN1c1ccccc1. The van der Waals surface area contributed by atoms with Crippen LogP contribution in [-0.2, 0) is 9.53 Å². The zero-order valence-corrected chi connectivity index (χ0v) is 14.5. The monoisotopic (exact) mass is 348 g/mol. The third-order valence-electron chi connectivity index (χ3n) is 3.57. The largest absolute Gasteiger partial charge is 0.462 e. The number of benzene rings is 2. The van der Waals surface area contributed by atoms with Gasteiger partial charge in [-0.1, -0.05) is 60.3 Å². The van der Waals surface area contributed by atoms with Crippen LogP contribution in [0.2, 0.25) is 0 Å². The molecule has 1 aliphatic rings. The van der Waals surface area contributed by atoms with Crippen LogP contribution < -0.4 is 4.90 Å². The van der Waals surface area contributed by atoms with Crippen molar-refractivity contribution < 1.29 is 9.53 Å². The topological polar surface area (TPSA) is 53.3 Å². The van der Waals surface area contributed by atoms with Gasteiger partial charge in [-0.25, -0.2) is 4.79 Å². The summed E-state index contributed by atoms with van der Waals surface area (Å²) >= 11 is 1.40. The van der Waals surface area contributed by atoms with Gasteiger partial charge in [0, 0.05) is 16.8 Å². The van der Waals surface area contributed by atoms with Gasteiger partial charge in [0.2, 0.25) is 0 Å². The second-order valence-electron chi connectivity index (χ2n) is 5.18. The van der Waals surface area contributed by atoms with Crippen molar-refractivity contribution in [3.8, 4) is 6.07 Å². The average Bonchev–Trinajstić information content (AvgIpc) is 3.09. The van der Waals surface area contributed by atoms with E-state index < -0.39 is 5.97 Å². The lowest BCUT2D eigenvalue weighted by molar-refractivity contribution is -0.138. The minimum absolute atomic E-state index is 0.0119. The Kier molecular flexibility index (Phi) is 5.22. The van der Waals surface area contributed by atoms with Gasteiger partial charge in [-0.2, -0.15) is 5.26 Å². The molecule has 2 aromatic carbocycles. The molecule has 0 spiro atoms. The minimum Gasteiger partial charge on any atom is -0.462 e. The maximum atomic E-state index is 12.2. The molecule has 0 saturated carbocycles. The molecule has 0 fully saturated rings. The van der Waals surface area contributed by atoms with Crippen LogP contribution in [0.5, 0.6) is 0 Å². The number of nitrogens with zero attached hydrogens (tertiary/aromatic N) is 2. The van der Waals surface area contributed by atoms with Crippen LogP contribution in [0.1, 0.15) is 12.5 Å². The molecule has 0 N–H and O–H groups in total. The van der Waals surface area contributed by atoms with Gasteiger partial charge in [-0.3, -0.25) is 0 Å². The van der Waals surface area contributed by atoms with Crippen LogP contribution in [0.3, 0.4) is 0 Å². The van der Waals surface area contributed by atoms with E-state index in [0.717, 1.165) is 16.2 Å². The smallest absolute Gasteiger partial charge is 0.351 e. The summed E-state index contributed by atoms with van der Waals surface area (Å²) in [6.07, 6.45) is 1.95. The highest BCUT2D eigenvalue weighted by atomic mass is 32.2. The average molecular weight is 348 g/mol. The van der Waals surface area contributed by atoms with Gasteiger partial charge >= 0.3 is 5.97 Å². The first kappa shape index (κ1) is 16.9. The summed E-state index contributed by atoms with van der Waals surface area (Å²) in [5.74, 6) is -0.601. The van der Waals surface area contributed by atoms with Crippen molar-refractivity contribution >= 4 is 28.3 Å². The third kappa shape index (κ3) is 3.59. The molecule has 0 amide bonds. The maximum Gasteiger partial charge on any atom is 0.351 e. The molecule has 0 aliphatic carbocycles. The van der Waals surface area contributed by atoms with E-state index in [1.807, 2.05) is 77.8 Å². The van der Waals surface area contributed by atoms with Crippen molar-refractivity contribution in [2.24, 2.45) is 0 Å². The van der Waals surface area contributed by atoms with Crippen LogP contribution in [0.25, 0.3) is 4.91 Å². The van der Waals surface area contributed by atoms with E-state index in [1.165, 1.54) is 11.8 Å². The van der Waals surface area contributed by atoms with E-state index in [9.17, 15) is 10.1 Å². The molecule has 25 heavy (non-hydrogen) atoms. The second kappa shape index (κ2) is 7.73. The number of anilines is 1. The Balaban J connectivity index is 2.09. The highest BCUT2D eigenvalue weighted by Crippen LogP contribution is 2.45. The number of thioether (sulfide) groups is 1. The molecule has 1 aliphatic heterocycles. The van der Waals surface area contributed by atoms with Crippen molar-refractivity contribution in [3.05, 3.63) is 83.0 Å². The van der Waals surface area contributed by atoms with Gasteiger partial charge < -0.3 is 9.64 Å². The number of hydrogen-bond acceptors (Lipinski definition) is 5. The minimum atomic E-state index is -0.601. The first-order valence-electron chi connectivity index (χ1n) is 7.85. The van der Waals surface area contributed by atoms with Crippen LogP contribution in [-0.4, -0.2) is 12.6 Å². The molecular weight excluding hydrogens is 332 g/mol. The molecule has 0 unspecified atom stereocenters. The van der Waals surface area contributed by atoms with Crippen LogP contribution in [0.4, 0.5) is 5.69 Å². The van der Waals surface area contributed by atoms with Gasteiger partial charge in [0.05, 0.1) is 6.61 Å². The molecule has 0 radical (unpaired) electrons. The molecule has 4 nitrogen and oxygen atoms in total. The fourth-order valence-corrected chi connectivity index (χ4v) is 3.54. The number of para-hydroxylation sites is 1. The Morgan fingerprint density at radius 3 is 2.36 bits per heavy atom. The first-order valence-corrected chi connectivity index (χ1v) is 8.67. The number of ether oxygens (including phenoxy) is 1. The Labute approximate surface area is 151 Å². The highest BCUT2D eigenvalue weighted by Gasteiger charge is 2.29. The normalized spacial score (nSPS) is 15.4. The summed E-state index contributed by atoms with van der Waals surface area (Å²) < 4.78 is 5.05. The maximum absolute atomic E-state index is 12.2. The molecule has 124 valence electrons. The summed E-state index contributed by atoms with van der Waals surface area (Å²) in [5.41, 5.74) is 1.93. The number of nitriles is 1. The summed E-state index contributed by atoms with van der Waals surface area (Å²) in [5, 5.41) is 10.1. The lowest BCUT2D eigenvalue weighted by Gasteiger charge is -2.18. The lowest BCUT2D eigenvalue weighted by Crippen LogP contribution is -2.16. The van der Waals surface area contributed by atoms with E-state index in [2.05, 4.69) is 0 Å². The van der Waals surface area contributed by atoms with Crippen molar-refractivity contribution in [1.82, 2.24) is 0 Å². The van der Waals surface area contributed by atoms with Crippen LogP contribution >= 0.6 is 11.8 Å². The zero-order valence-electron chi connectivity index (χ0n) is 13.7. The lowest BCUT2D eigenvalue weighted by atomic mass is 10.2. The van der Waals surface area contributed by atoms with Crippen molar-refractivity contribution in [2.75, 3.05) is 11.5 Å². The number of carbonyl (C=O) groups excluding carboxylic acids is 1. The number of rotatable bonds is 4. The standard InChI is InChI=1S/C20H16N2O2S/c1-2-24-20(23)17(13-21)19-22(16-11-7-4-8-12-16)14-18(25-19)15-9-5-3-6-10-15/h3-12,14H,2H2,1H3. The molecule has 0 atom stereocenters. The molecule has 0 aromatic heterocycles. The molecule has 2 aromatic rings. The van der Waals surface area contributed by atoms with Crippen LogP contribution in [0, 0.1) is 11.3 Å². The van der Waals surface area contributed by atoms with Crippen molar-refractivity contribution in [2.45, 2.75) is 6.92 Å². The summed E-state index contributed by atoms with van der Waals surface area (Å²) in [7, 11) is 0. The predicted octanol–water partition coefficient (Wildman–Crippen LogP) is 4.54. The zero-order chi connectivity index (χ0) is 17.6. The van der Waals surface area contributed by atoms with Crippen LogP contribution in [0.15, 0.2) is 77.5 Å². The van der Waals surface area contributed by atoms with E-state index in [4.69, 9.17) is 4.74 Å². The number of hydrogen-bond donors (Lipinski definition) is 0. The van der Waals surface area contributed by atoms with E-state index in [1.54, 1.807) is 6.92 Å². The molecule has 5 heteroatoms. The van der Waals surface area contributed by atoms with Crippen molar-refractivity contribution in [1.29, 1.82) is 5.26 Å². The second-order valence-corrected chi connectivity index (χ2v) is 6.21. The molecule has 0 saturated heterocycles. The molecule has 3 rings (SSSR count). The highest BCUT2D eigenvalue weighted by molar-refractivity contribution is 8.12. The van der Waals surface area contributed by atoms with Gasteiger partial charge in [-0.05, 0) is 24.6 Å². The fourth-order valence-electron chi connectivity index (χ4n) is 2.43. The quantitative estimate of drug-likeness (QED) is 0.461. The van der Waals surface area contributed by atoms with Gasteiger partial charge in [0.15, 0.2) is 5.57 Å². The Morgan fingerprint density at radius 1 is 1.12 bits per heavy atom. The summed E-state index contributed by atoms with van der Waals surface area (Å²) in [4.78, 5) is 15.0. The Hall–Kier alpha value is -2.97. The third-order valence-corrected chi connectivity index (χ3v) is 4.72. The van der Waals surface area contributed by atoms with E-state index >= 15 is 0 Å². The van der Waals surface area contributed by atoms with Gasteiger partial charge in [0.25, 0.3) is 0 Å². The number of esters is 1. The Morgan fingerprint density at radius 2 is 1.76 bits per heavy atom. The van der Waals surface area contributed by atoms with Gasteiger partial charge in [0.1, 0.15) is 11.1 Å². The Bertz CT molecular complexity index is 868. The number of carbonyl (C=O) groups is 1. The van der Waals surface area contributed by atoms with Crippen molar-refractivity contribution in [3.63, 3.8) is 0 Å². The summed E-state index contributed by atoms with van der Waals surface area (Å²) in [6.45, 7) is 1.95. The predicted molar refractivity (Wildman–Crippen MR) is 100 cm³/mol. The molecule has 0 bridgehead atoms. The fraction of sp³-hybridized carbons (Fsp3) is 0.100. The summed E-state index contributed by atoms with van der Waals surface area (Å²) in [6, 6.07) is 21.5. The molecular formula is C20H16N2O2S. The van der Waals surface area contributed by atoms with E-state index in [0.29, 0.717) is 5.03 Å². The first-order chi connectivity index (χ1) is 12.2.